The molecule has 0 saturated carbocycles. The highest BCUT2D eigenvalue weighted by Crippen LogP contribution is 2.49. The Morgan fingerprint density at radius 1 is 0.220 bits per heavy atom. The highest BCUT2D eigenvalue weighted by molar-refractivity contribution is 7.25. The first kappa shape index (κ1) is 69.6. The maximum atomic E-state index is 5.14. The van der Waals surface area contributed by atoms with Gasteiger partial charge in [0.1, 0.15) is 11.4 Å². The molecule has 0 atom stereocenters. The minimum Gasteiger partial charge on any atom is -0.309 e. The number of hydrogen-bond donors (Lipinski definition) is 2. The van der Waals surface area contributed by atoms with E-state index in [0.29, 0.717) is 34.9 Å². The van der Waals surface area contributed by atoms with Gasteiger partial charge < -0.3 is 9.13 Å². The Kier molecular flexibility index (Phi) is 15.9. The summed E-state index contributed by atoms with van der Waals surface area (Å²) in [6.45, 7) is 0. The maximum absolute atomic E-state index is 5.14. The zero-order chi connectivity index (χ0) is 80.7. The minimum absolute atomic E-state index is 0.616. The van der Waals surface area contributed by atoms with Crippen molar-refractivity contribution in [2.24, 2.45) is 0 Å². The molecule has 13 heteroatoms. The zero-order valence-corrected chi connectivity index (χ0v) is 66.8. The summed E-state index contributed by atoms with van der Waals surface area (Å²) in [5.74, 6) is 5.92. The van der Waals surface area contributed by atoms with E-state index in [-0.39, 0.29) is 0 Å². The second-order valence-electron chi connectivity index (χ2n) is 31.4. The van der Waals surface area contributed by atoms with Crippen molar-refractivity contribution < 1.29 is 9.13 Å². The van der Waals surface area contributed by atoms with E-state index in [2.05, 4.69) is 398 Å². The average molecular weight is 1590 g/mol. The van der Waals surface area contributed by atoms with Crippen LogP contribution in [0.15, 0.2) is 400 Å². The summed E-state index contributed by atoms with van der Waals surface area (Å²) >= 11 is 1.81. The molecule has 0 aliphatic carbocycles. The lowest BCUT2D eigenvalue weighted by molar-refractivity contribution is -0.553. The van der Waals surface area contributed by atoms with Gasteiger partial charge in [0.25, 0.3) is 11.6 Å². The van der Waals surface area contributed by atoms with Crippen molar-refractivity contribution in [2.75, 3.05) is 0 Å². The van der Waals surface area contributed by atoms with Gasteiger partial charge in [0, 0.05) is 86.8 Å². The fourth-order valence-corrected chi connectivity index (χ4v) is 19.9. The van der Waals surface area contributed by atoms with Gasteiger partial charge in [-0.1, -0.05) is 255 Å². The minimum atomic E-state index is 0.616. The van der Waals surface area contributed by atoms with E-state index < -0.39 is 0 Å². The molecule has 0 fully saturated rings. The number of benzene rings is 17. The van der Waals surface area contributed by atoms with Gasteiger partial charge in [0.15, 0.2) is 57.0 Å². The molecule has 24 aromatic rings. The molecule has 7 aromatic heterocycles. The Hall–Kier alpha value is -16.5. The van der Waals surface area contributed by atoms with Crippen LogP contribution >= 0.6 is 11.3 Å². The van der Waals surface area contributed by atoms with E-state index in [4.69, 9.17) is 29.9 Å². The first-order valence-electron chi connectivity index (χ1n) is 41.4. The fraction of sp³-hybridized carbons (Fsp3) is 0. The third kappa shape index (κ3) is 11.4. The van der Waals surface area contributed by atoms with E-state index in [9.17, 15) is 0 Å². The Balaban J connectivity index is 0.000000136. The zero-order valence-electron chi connectivity index (χ0n) is 66.0. The van der Waals surface area contributed by atoms with Crippen LogP contribution in [0.4, 0.5) is 0 Å². The van der Waals surface area contributed by atoms with Crippen LogP contribution in [0.5, 0.6) is 0 Å². The van der Waals surface area contributed by atoms with E-state index in [1.54, 1.807) is 0 Å². The number of thiophene rings is 1. The van der Waals surface area contributed by atoms with Crippen molar-refractivity contribution in [1.29, 1.82) is 0 Å². The molecule has 2 N–H and O–H groups in total. The molecular weight excluding hydrogens is 1520 g/mol. The molecule has 9 heterocycles. The summed E-state index contributed by atoms with van der Waals surface area (Å²) < 4.78 is 12.2. The molecule has 17 aromatic carbocycles. The van der Waals surface area contributed by atoms with Crippen molar-refractivity contribution in [2.45, 2.75) is 0 Å². The molecule has 0 amide bonds. The number of nitrogens with zero attached hydrogens (tertiary/aromatic N) is 10. The number of hydrogen-bond acceptors (Lipinski definition) is 7. The molecule has 26 rings (SSSR count). The third-order valence-electron chi connectivity index (χ3n) is 24.4. The smallest absolute Gasteiger partial charge is 0.292 e. The average Bonchev–Trinajstić information content (AvgIpc) is 1.53. The van der Waals surface area contributed by atoms with Gasteiger partial charge in [-0.15, -0.1) is 11.3 Å². The fourth-order valence-electron chi connectivity index (χ4n) is 18.8. The first-order chi connectivity index (χ1) is 61.0. The molecule has 0 unspecified atom stereocenters. The van der Waals surface area contributed by atoms with Crippen molar-refractivity contribution >= 4 is 97.2 Å². The molecule has 572 valence electrons. The van der Waals surface area contributed by atoms with Crippen molar-refractivity contribution in [3.63, 3.8) is 0 Å². The standard InChI is InChI=1S/C58H36N6.C52H30N6S/c1-4-13-37(14-5-1)39-23-27-41(28-24-39)55-60-56(42-29-25-40(26-30-42)38-15-6-2-7-16-38)62-57(61-55)43-31-33-45(34-32-43)63-50-22-12-20-47-46-19-10-11-21-49(46)64-54-48(35-36-51(63)53(54)52(47)50)59-58(64)44-17-8-3-9-18-44;1-3-12-31(13-4-1)49-54-50(56-51(55-49)34-24-29-45-39(30-34)37-17-8-10-21-44(37)59-45)32-22-25-35(26-23-32)57-42-20-11-18-38-36-16-7-9-19-41(36)58-48-40(27-28-43(57)47(48)46(38)42)53-52(58)33-14-5-2-6-15-33/h1-36H;1-30H/p+2. The van der Waals surface area contributed by atoms with Gasteiger partial charge in [-0.3, -0.25) is 0 Å². The SMILES string of the molecule is c1ccc(-c2ccc(-c3nc(-c4ccc(-c5ccccc5)cc4)nc(-c4ccc(-n5c6cccc7c6c6c5ccc5[nH]c(-c8ccccc8)[n+](c56)-c5ccccc5-7)cc4)n3)cc2)cc1.c1ccc(-c2nc(-c3ccc(-n4c5cccc6c5c5c4ccc4[nH]c(-c7ccccc7)[n+](c45)-c4ccccc4-6)cc3)nc(-c3ccc4sc5ccccc5c4c3)n2)cc1. The van der Waals surface area contributed by atoms with Gasteiger partial charge in [-0.25, -0.2) is 39.9 Å². The molecule has 12 nitrogen and oxygen atoms in total. The summed E-state index contributed by atoms with van der Waals surface area (Å²) in [5, 5.41) is 7.42. The Morgan fingerprint density at radius 2 is 0.528 bits per heavy atom. The van der Waals surface area contributed by atoms with Crippen LogP contribution in [0.1, 0.15) is 0 Å². The number of rotatable bonds is 12. The van der Waals surface area contributed by atoms with E-state index in [0.717, 1.165) is 117 Å². The summed E-state index contributed by atoms with van der Waals surface area (Å²) in [6.07, 6.45) is 0. The Morgan fingerprint density at radius 3 is 0.959 bits per heavy atom. The highest BCUT2D eigenvalue weighted by atomic mass is 32.1. The lowest BCUT2D eigenvalue weighted by Gasteiger charge is -2.12. The molecule has 123 heavy (non-hydrogen) atoms. The highest BCUT2D eigenvalue weighted by Gasteiger charge is 2.36. The quantitative estimate of drug-likeness (QED) is 0.117. The largest absolute Gasteiger partial charge is 0.309 e. The van der Waals surface area contributed by atoms with Crippen molar-refractivity contribution in [1.82, 2.24) is 49.0 Å². The first-order valence-corrected chi connectivity index (χ1v) is 42.2. The molecule has 0 bridgehead atoms. The van der Waals surface area contributed by atoms with Crippen LogP contribution in [0.2, 0.25) is 0 Å². The van der Waals surface area contributed by atoms with Crippen LogP contribution in [0, 0.1) is 0 Å². The number of H-pyrrole nitrogens is 2. The second kappa shape index (κ2) is 28.1. The maximum Gasteiger partial charge on any atom is 0.292 e. The van der Waals surface area contributed by atoms with Crippen LogP contribution in [-0.4, -0.2) is 49.0 Å². The second-order valence-corrected chi connectivity index (χ2v) is 32.5. The number of aromatic nitrogens is 12. The van der Waals surface area contributed by atoms with Gasteiger partial charge in [0.2, 0.25) is 0 Å². The molecule has 2 aliphatic rings. The lowest BCUT2D eigenvalue weighted by atomic mass is 9.99. The van der Waals surface area contributed by atoms with Gasteiger partial charge in [-0.2, -0.15) is 9.13 Å². The third-order valence-corrected chi connectivity index (χ3v) is 25.6. The van der Waals surface area contributed by atoms with Crippen molar-refractivity contribution in [3.05, 3.63) is 400 Å². The van der Waals surface area contributed by atoms with E-state index in [1.807, 2.05) is 41.7 Å². The summed E-state index contributed by atoms with van der Waals surface area (Å²) in [6, 6.07) is 142. The van der Waals surface area contributed by atoms with Gasteiger partial charge >= 0.3 is 0 Å². The number of fused-ring (bicyclic) bond motifs is 9. The number of nitrogens with one attached hydrogen (secondary N) is 2. The van der Waals surface area contributed by atoms with E-state index >= 15 is 0 Å². The van der Waals surface area contributed by atoms with Crippen LogP contribution in [0.3, 0.4) is 0 Å². The number of imidazole rings is 2. The molecule has 0 radical (unpaired) electrons. The summed E-state index contributed by atoms with van der Waals surface area (Å²) in [5.41, 5.74) is 31.0. The van der Waals surface area contributed by atoms with Gasteiger partial charge in [0.05, 0.1) is 44.0 Å². The van der Waals surface area contributed by atoms with E-state index in [1.165, 1.54) is 91.8 Å². The van der Waals surface area contributed by atoms with Crippen molar-refractivity contribution in [3.8, 4) is 158 Å². The predicted octanol–water partition coefficient (Wildman–Crippen LogP) is 26.5. The van der Waals surface area contributed by atoms with Gasteiger partial charge in [-0.05, 0) is 179 Å². The van der Waals surface area contributed by atoms with Crippen LogP contribution in [-0.2, 0) is 0 Å². The molecular formula is C110H68N12S+2. The monoisotopic (exact) mass is 1590 g/mol. The van der Waals surface area contributed by atoms with Crippen LogP contribution < -0.4 is 9.13 Å². The Labute approximate surface area is 709 Å². The van der Waals surface area contributed by atoms with Crippen LogP contribution in [0.25, 0.3) is 244 Å². The summed E-state index contributed by atoms with van der Waals surface area (Å²) in [7, 11) is 0. The molecule has 0 saturated heterocycles. The predicted molar refractivity (Wildman–Crippen MR) is 500 cm³/mol. The lowest BCUT2D eigenvalue weighted by Crippen LogP contribution is -2.32. The summed E-state index contributed by atoms with van der Waals surface area (Å²) in [4.78, 5) is 38.3. The molecule has 0 spiro atoms. The molecule has 2 aliphatic heterocycles. The number of para-hydroxylation sites is 2. The Bertz CT molecular complexity index is 8270. The topological polar surface area (TPSA) is 127 Å². The number of aromatic amines is 2. The normalized spacial score (nSPS) is 11.9.